The Morgan fingerprint density at radius 2 is 1.76 bits per heavy atom. The van der Waals surface area contributed by atoms with Gasteiger partial charge in [-0.3, -0.25) is 9.59 Å². The summed E-state index contributed by atoms with van der Waals surface area (Å²) in [6.45, 7) is 4.04. The van der Waals surface area contributed by atoms with Crippen LogP contribution in [0.4, 0.5) is 5.69 Å². The fourth-order valence-corrected chi connectivity index (χ4v) is 3.98. The lowest BCUT2D eigenvalue weighted by atomic mass is 10.0. The minimum absolute atomic E-state index is 0.0545. The molecule has 0 spiro atoms. The van der Waals surface area contributed by atoms with Crippen molar-refractivity contribution in [3.05, 3.63) is 87.6 Å². The van der Waals surface area contributed by atoms with Gasteiger partial charge >= 0.3 is 0 Å². The fraction of sp³-hybridized carbons (Fsp3) is 0.217. The lowest BCUT2D eigenvalue weighted by molar-refractivity contribution is -0.703. The summed E-state index contributed by atoms with van der Waals surface area (Å²) in [5, 5.41) is 7.05. The fourth-order valence-electron chi connectivity index (χ4n) is 3.15. The summed E-state index contributed by atoms with van der Waals surface area (Å²) in [7, 11) is 0. The van der Waals surface area contributed by atoms with E-state index in [0.717, 1.165) is 6.42 Å². The molecule has 2 amide bonds. The maximum absolute atomic E-state index is 12.7. The van der Waals surface area contributed by atoms with Crippen molar-refractivity contribution >= 4 is 28.8 Å². The largest absolute Gasteiger partial charge is 0.366 e. The highest BCUT2D eigenvalue weighted by Gasteiger charge is 2.25. The van der Waals surface area contributed by atoms with E-state index in [1.807, 2.05) is 13.0 Å². The van der Waals surface area contributed by atoms with Crippen molar-refractivity contribution in [2.24, 2.45) is 5.73 Å². The van der Waals surface area contributed by atoms with Gasteiger partial charge in [0.2, 0.25) is 5.91 Å². The molecule has 0 aliphatic rings. The molecule has 5 N–H and O–H groups in total. The van der Waals surface area contributed by atoms with Crippen LogP contribution in [0.25, 0.3) is 0 Å². The molecule has 3 aromatic rings. The van der Waals surface area contributed by atoms with Gasteiger partial charge in [-0.2, -0.15) is 0 Å². The normalized spacial score (nSPS) is 12.9. The number of amides is 2. The van der Waals surface area contributed by atoms with Crippen LogP contribution in [-0.4, -0.2) is 17.9 Å². The quantitative estimate of drug-likeness (QED) is 0.535. The zero-order chi connectivity index (χ0) is 20.8. The third kappa shape index (κ3) is 5.31. The van der Waals surface area contributed by atoms with Gasteiger partial charge in [0.15, 0.2) is 6.04 Å². The van der Waals surface area contributed by atoms with Crippen LogP contribution in [0.3, 0.4) is 0 Å². The van der Waals surface area contributed by atoms with E-state index in [1.165, 1.54) is 16.0 Å². The minimum Gasteiger partial charge on any atom is -0.366 e. The average molecular weight is 409 g/mol. The van der Waals surface area contributed by atoms with Crippen molar-refractivity contribution < 1.29 is 14.9 Å². The van der Waals surface area contributed by atoms with Gasteiger partial charge < -0.3 is 16.4 Å². The van der Waals surface area contributed by atoms with E-state index in [1.54, 1.807) is 35.6 Å². The molecule has 1 heterocycles. The molecule has 3 rings (SSSR count). The summed E-state index contributed by atoms with van der Waals surface area (Å²) in [5.41, 5.74) is 8.78. The second-order valence-electron chi connectivity index (χ2n) is 7.00. The number of carbonyl (C=O) groups excluding carboxylic acids is 2. The predicted molar refractivity (Wildman–Crippen MR) is 117 cm³/mol. The van der Waals surface area contributed by atoms with Crippen LogP contribution in [-0.2, 0) is 11.2 Å². The highest BCUT2D eigenvalue weighted by Crippen LogP contribution is 2.23. The Kier molecular flexibility index (Phi) is 6.80. The SMILES string of the molecule is CCc1ccc([C@H]([NH2+][C@H](C)C(=O)Nc2ccc(C(N)=O)cc2)c2cccs2)cc1. The minimum atomic E-state index is -0.488. The van der Waals surface area contributed by atoms with Crippen LogP contribution < -0.4 is 16.4 Å². The maximum atomic E-state index is 12.7. The first kappa shape index (κ1) is 20.8. The Bertz CT molecular complexity index is 951. The number of nitrogens with two attached hydrogens (primary N) is 2. The molecule has 150 valence electrons. The van der Waals surface area contributed by atoms with Gasteiger partial charge in [-0.25, -0.2) is 0 Å². The van der Waals surface area contributed by atoms with Gasteiger partial charge in [0.25, 0.3) is 5.91 Å². The molecule has 6 heteroatoms. The highest BCUT2D eigenvalue weighted by molar-refractivity contribution is 7.10. The first-order chi connectivity index (χ1) is 14.0. The third-order valence-corrected chi connectivity index (χ3v) is 5.88. The maximum Gasteiger partial charge on any atom is 0.282 e. The van der Waals surface area contributed by atoms with Gasteiger partial charge in [-0.1, -0.05) is 37.3 Å². The summed E-state index contributed by atoms with van der Waals surface area (Å²) in [6, 6.07) is 19.1. The lowest BCUT2D eigenvalue weighted by Crippen LogP contribution is -2.92. The summed E-state index contributed by atoms with van der Waals surface area (Å²) >= 11 is 1.69. The molecular formula is C23H26N3O2S+. The Morgan fingerprint density at radius 1 is 1.07 bits per heavy atom. The summed E-state index contributed by atoms with van der Waals surface area (Å²) < 4.78 is 0. The monoisotopic (exact) mass is 408 g/mol. The molecule has 29 heavy (non-hydrogen) atoms. The number of carbonyl (C=O) groups is 2. The number of thiophene rings is 1. The van der Waals surface area contributed by atoms with Crippen molar-refractivity contribution in [3.8, 4) is 0 Å². The van der Waals surface area contributed by atoms with Crippen molar-refractivity contribution in [1.82, 2.24) is 0 Å². The van der Waals surface area contributed by atoms with Crippen LogP contribution in [0, 0.1) is 0 Å². The van der Waals surface area contributed by atoms with E-state index in [0.29, 0.717) is 11.3 Å². The van der Waals surface area contributed by atoms with Crippen LogP contribution in [0.15, 0.2) is 66.0 Å². The molecule has 0 fully saturated rings. The number of benzene rings is 2. The van der Waals surface area contributed by atoms with Crippen molar-refractivity contribution in [1.29, 1.82) is 0 Å². The van der Waals surface area contributed by atoms with Crippen LogP contribution >= 0.6 is 11.3 Å². The van der Waals surface area contributed by atoms with Gasteiger partial charge in [-0.15, -0.1) is 11.3 Å². The summed E-state index contributed by atoms with van der Waals surface area (Å²) in [6.07, 6.45) is 1.00. The first-order valence-electron chi connectivity index (χ1n) is 9.66. The van der Waals surface area contributed by atoms with Gasteiger partial charge in [0, 0.05) is 16.8 Å². The van der Waals surface area contributed by atoms with Crippen LogP contribution in [0.5, 0.6) is 0 Å². The molecule has 0 aliphatic carbocycles. The summed E-state index contributed by atoms with van der Waals surface area (Å²) in [5.74, 6) is -0.582. The number of quaternary nitrogens is 1. The van der Waals surface area contributed by atoms with E-state index >= 15 is 0 Å². The van der Waals surface area contributed by atoms with Gasteiger partial charge in [-0.05, 0) is 54.6 Å². The molecule has 0 aliphatic heterocycles. The number of rotatable bonds is 8. The Balaban J connectivity index is 1.72. The zero-order valence-corrected chi connectivity index (χ0v) is 17.4. The summed E-state index contributed by atoms with van der Waals surface area (Å²) in [4.78, 5) is 25.1. The van der Waals surface area contributed by atoms with Crippen LogP contribution in [0.2, 0.25) is 0 Å². The zero-order valence-electron chi connectivity index (χ0n) is 16.6. The number of anilines is 1. The second-order valence-corrected chi connectivity index (χ2v) is 7.98. The van der Waals surface area contributed by atoms with E-state index in [2.05, 4.69) is 53.3 Å². The molecule has 1 aromatic heterocycles. The molecular weight excluding hydrogens is 382 g/mol. The molecule has 5 nitrogen and oxygen atoms in total. The van der Waals surface area contributed by atoms with Gasteiger partial charge in [0.05, 0.1) is 4.88 Å². The first-order valence-corrected chi connectivity index (χ1v) is 10.5. The number of primary amides is 1. The van der Waals surface area contributed by atoms with Crippen molar-refractivity contribution in [3.63, 3.8) is 0 Å². The Morgan fingerprint density at radius 3 is 2.31 bits per heavy atom. The Labute approximate surface area is 175 Å². The van der Waals surface area contributed by atoms with Crippen LogP contribution in [0.1, 0.15) is 46.3 Å². The molecule has 2 aromatic carbocycles. The van der Waals surface area contributed by atoms with Crippen molar-refractivity contribution in [2.45, 2.75) is 32.4 Å². The van der Waals surface area contributed by atoms with Gasteiger partial charge in [0.1, 0.15) is 6.04 Å². The molecule has 0 unspecified atom stereocenters. The lowest BCUT2D eigenvalue weighted by Gasteiger charge is -2.20. The second kappa shape index (κ2) is 9.49. The van der Waals surface area contributed by atoms with Crippen molar-refractivity contribution in [2.75, 3.05) is 5.32 Å². The number of nitrogens with one attached hydrogen (secondary N) is 1. The smallest absolute Gasteiger partial charge is 0.282 e. The molecule has 0 saturated carbocycles. The molecule has 0 radical (unpaired) electrons. The number of hydrogen-bond donors (Lipinski definition) is 3. The predicted octanol–water partition coefficient (Wildman–Crippen LogP) is 3.09. The molecule has 0 saturated heterocycles. The van der Waals surface area contributed by atoms with E-state index < -0.39 is 5.91 Å². The third-order valence-electron chi connectivity index (χ3n) is 4.93. The van der Waals surface area contributed by atoms with E-state index in [4.69, 9.17) is 5.73 Å². The highest BCUT2D eigenvalue weighted by atomic mass is 32.1. The molecule has 0 bridgehead atoms. The van der Waals surface area contributed by atoms with E-state index in [-0.39, 0.29) is 18.0 Å². The standard InChI is InChI=1S/C23H25N3O2S/c1-3-16-6-8-17(9-7-16)21(20-5-4-14-29-20)25-15(2)23(28)26-19-12-10-18(11-13-19)22(24)27/h4-15,21,25H,3H2,1-2H3,(H2,24,27)(H,26,28)/p+1/t15-,21+/m1/s1. The number of aryl methyl sites for hydroxylation is 1. The topological polar surface area (TPSA) is 88.8 Å². The Hall–Kier alpha value is -2.96. The average Bonchev–Trinajstić information content (AvgIpc) is 3.27. The number of hydrogen-bond acceptors (Lipinski definition) is 3. The van der Waals surface area contributed by atoms with E-state index in [9.17, 15) is 9.59 Å². The molecule has 2 atom stereocenters.